The molecule has 0 heterocycles. The normalized spacial score (nSPS) is 12.1. The molecule has 0 aliphatic heterocycles. The van der Waals surface area contributed by atoms with Gasteiger partial charge in [-0.05, 0) is 48.0 Å². The van der Waals surface area contributed by atoms with Crippen LogP contribution in [-0.2, 0) is 25.0 Å². The molecule has 0 saturated carbocycles. The van der Waals surface area contributed by atoms with Gasteiger partial charge in [-0.2, -0.15) is 21.9 Å². The maximum atomic E-state index is 11.8. The van der Waals surface area contributed by atoms with Crippen molar-refractivity contribution >= 4 is 43.2 Å². The summed E-state index contributed by atoms with van der Waals surface area (Å²) in [5.74, 6) is -1.28. The summed E-state index contributed by atoms with van der Waals surface area (Å²) < 4.78 is 66.0. The Morgan fingerprint density at radius 1 is 0.879 bits per heavy atom. The summed E-state index contributed by atoms with van der Waals surface area (Å²) in [5, 5.41) is 20.8. The van der Waals surface area contributed by atoms with Crippen LogP contribution in [-0.4, -0.2) is 37.0 Å². The number of carbonyl (C=O) groups is 1. The van der Waals surface area contributed by atoms with Gasteiger partial charge in [0, 0.05) is 18.2 Å². The molecule has 1 amide bonds. The zero-order chi connectivity index (χ0) is 24.4. The van der Waals surface area contributed by atoms with Crippen molar-refractivity contribution in [1.29, 1.82) is 0 Å². The molecule has 11 nitrogen and oxygen atoms in total. The van der Waals surface area contributed by atoms with Crippen LogP contribution in [0.25, 0.3) is 11.1 Å². The van der Waals surface area contributed by atoms with Gasteiger partial charge in [0.2, 0.25) is 5.91 Å². The van der Waals surface area contributed by atoms with Crippen LogP contribution in [0, 0.1) is 0 Å². The topological polar surface area (TPSA) is 183 Å². The summed E-state index contributed by atoms with van der Waals surface area (Å²) in [6, 6.07) is 13.5. The molecule has 33 heavy (non-hydrogen) atoms. The third-order valence-electron chi connectivity index (χ3n) is 4.25. The Kier molecular flexibility index (Phi) is 6.60. The van der Waals surface area contributed by atoms with E-state index < -0.39 is 47.4 Å². The molecule has 0 aliphatic carbocycles. The minimum Gasteiger partial charge on any atom is -0.505 e. The first kappa shape index (κ1) is 24.0. The summed E-state index contributed by atoms with van der Waals surface area (Å²) >= 11 is 0. The number of phenolic OH excluding ortho intramolecular Hbond substituents is 1. The quantitative estimate of drug-likeness (QED) is 0.295. The lowest BCUT2D eigenvalue weighted by Crippen LogP contribution is -2.07. The van der Waals surface area contributed by atoms with Gasteiger partial charge < -0.3 is 10.4 Å². The number of hydrogen-bond donors (Lipinski definition) is 4. The van der Waals surface area contributed by atoms with Gasteiger partial charge in [-0.15, -0.1) is 5.11 Å². The zero-order valence-corrected chi connectivity index (χ0v) is 18.5. The number of azo groups is 1. The van der Waals surface area contributed by atoms with E-state index >= 15 is 0 Å². The van der Waals surface area contributed by atoms with Gasteiger partial charge in [-0.25, -0.2) is 0 Å². The number of nitrogens with one attached hydrogen (secondary N) is 1. The Morgan fingerprint density at radius 3 is 2.12 bits per heavy atom. The van der Waals surface area contributed by atoms with Gasteiger partial charge in [-0.1, -0.05) is 18.2 Å². The zero-order valence-electron chi connectivity index (χ0n) is 16.9. The Hall–Kier alpha value is -3.65. The van der Waals surface area contributed by atoms with Gasteiger partial charge >= 0.3 is 0 Å². The molecule has 0 spiro atoms. The van der Waals surface area contributed by atoms with E-state index in [1.54, 1.807) is 30.3 Å². The van der Waals surface area contributed by atoms with Crippen molar-refractivity contribution in [2.45, 2.75) is 16.7 Å². The highest BCUT2D eigenvalue weighted by molar-refractivity contribution is 7.86. The predicted molar refractivity (Wildman–Crippen MR) is 118 cm³/mol. The summed E-state index contributed by atoms with van der Waals surface area (Å²) in [6.45, 7) is 1.18. The van der Waals surface area contributed by atoms with E-state index in [1.807, 2.05) is 0 Å². The number of carbonyl (C=O) groups excluding carboxylic acids is 1. The van der Waals surface area contributed by atoms with E-state index in [4.69, 9.17) is 0 Å². The molecule has 0 saturated heterocycles. The Balaban J connectivity index is 2.26. The van der Waals surface area contributed by atoms with Crippen molar-refractivity contribution in [3.63, 3.8) is 0 Å². The monoisotopic (exact) mass is 491 g/mol. The number of phenols is 1. The Labute approximate surface area is 188 Å². The second kappa shape index (κ2) is 9.07. The van der Waals surface area contributed by atoms with Crippen molar-refractivity contribution in [3.05, 3.63) is 60.7 Å². The smallest absolute Gasteiger partial charge is 0.296 e. The lowest BCUT2D eigenvalue weighted by Gasteiger charge is -2.13. The van der Waals surface area contributed by atoms with E-state index in [2.05, 4.69) is 15.5 Å². The minimum atomic E-state index is -4.82. The molecule has 4 N–H and O–H groups in total. The molecule has 0 aromatic heterocycles. The standard InChI is InChI=1S/C20H17N3O8S2/c1-12(24)21-15-9-13(10-16(11-15)32(26,27)28)17-7-8-18(33(29,30)31)19(20(17)25)23-22-14-5-3-2-4-6-14/h2-11,25H,1H3,(H,21,24)(H,26,27,28)(H,29,30,31). The third-order valence-corrected chi connectivity index (χ3v) is 5.97. The lowest BCUT2D eigenvalue weighted by atomic mass is 10.0. The predicted octanol–water partition coefficient (Wildman–Crippen LogP) is 3.93. The highest BCUT2D eigenvalue weighted by atomic mass is 32.2. The van der Waals surface area contributed by atoms with E-state index in [0.29, 0.717) is 5.69 Å². The molecule has 0 aliphatic rings. The first-order valence-corrected chi connectivity index (χ1v) is 11.9. The molecule has 0 radical (unpaired) electrons. The maximum Gasteiger partial charge on any atom is 0.296 e. The molecule has 0 atom stereocenters. The molecule has 13 heteroatoms. The molecular formula is C20H17N3O8S2. The van der Waals surface area contributed by atoms with Gasteiger partial charge in [0.25, 0.3) is 20.2 Å². The fraction of sp³-hybridized carbons (Fsp3) is 0.0500. The second-order valence-corrected chi connectivity index (χ2v) is 9.53. The molecule has 0 bridgehead atoms. The van der Waals surface area contributed by atoms with Gasteiger partial charge in [-0.3, -0.25) is 13.9 Å². The number of amides is 1. The maximum absolute atomic E-state index is 11.8. The Bertz CT molecular complexity index is 1470. The van der Waals surface area contributed by atoms with Crippen LogP contribution >= 0.6 is 0 Å². The third kappa shape index (κ3) is 5.78. The van der Waals surface area contributed by atoms with Crippen LogP contribution in [0.2, 0.25) is 0 Å². The van der Waals surface area contributed by atoms with Crippen molar-refractivity contribution < 1.29 is 35.8 Å². The molecule has 172 valence electrons. The average Bonchev–Trinajstić information content (AvgIpc) is 2.71. The largest absolute Gasteiger partial charge is 0.505 e. The summed E-state index contributed by atoms with van der Waals surface area (Å²) in [6.07, 6.45) is 0. The molecule has 0 unspecified atom stereocenters. The van der Waals surface area contributed by atoms with Gasteiger partial charge in [0.05, 0.1) is 10.6 Å². The highest BCUT2D eigenvalue weighted by Gasteiger charge is 2.23. The Morgan fingerprint density at radius 2 is 1.55 bits per heavy atom. The van der Waals surface area contributed by atoms with Crippen molar-refractivity contribution in [2.75, 3.05) is 5.32 Å². The first-order valence-electron chi connectivity index (χ1n) is 9.07. The van der Waals surface area contributed by atoms with Crippen LogP contribution in [0.3, 0.4) is 0 Å². The van der Waals surface area contributed by atoms with Crippen LogP contribution in [0.1, 0.15) is 6.92 Å². The number of hydrogen-bond acceptors (Lipinski definition) is 8. The van der Waals surface area contributed by atoms with Gasteiger partial charge in [0.1, 0.15) is 10.6 Å². The lowest BCUT2D eigenvalue weighted by molar-refractivity contribution is -0.114. The highest BCUT2D eigenvalue weighted by Crippen LogP contribution is 2.43. The van der Waals surface area contributed by atoms with Crippen LogP contribution < -0.4 is 5.32 Å². The van der Waals surface area contributed by atoms with E-state index in [1.165, 1.54) is 13.0 Å². The molecular weight excluding hydrogens is 474 g/mol. The van der Waals surface area contributed by atoms with E-state index in [-0.39, 0.29) is 16.8 Å². The second-order valence-electron chi connectivity index (χ2n) is 6.72. The molecule has 3 aromatic carbocycles. The number of benzene rings is 3. The fourth-order valence-corrected chi connectivity index (χ4v) is 4.05. The SMILES string of the molecule is CC(=O)Nc1cc(-c2ccc(S(=O)(=O)O)c(N=Nc3ccccc3)c2O)cc(S(=O)(=O)O)c1. The van der Waals surface area contributed by atoms with E-state index in [9.17, 15) is 35.8 Å². The van der Waals surface area contributed by atoms with Crippen LogP contribution in [0.15, 0.2) is 80.7 Å². The van der Waals surface area contributed by atoms with Crippen LogP contribution in [0.5, 0.6) is 5.75 Å². The average molecular weight is 492 g/mol. The minimum absolute atomic E-state index is 0.00979. The van der Waals surface area contributed by atoms with Crippen molar-refractivity contribution in [2.24, 2.45) is 10.2 Å². The summed E-state index contributed by atoms with van der Waals surface area (Å²) in [4.78, 5) is 10.1. The molecule has 3 aromatic rings. The number of aromatic hydroxyl groups is 1. The first-order chi connectivity index (χ1) is 15.4. The molecule has 0 fully saturated rings. The van der Waals surface area contributed by atoms with Crippen molar-refractivity contribution in [3.8, 4) is 16.9 Å². The summed E-state index contributed by atoms with van der Waals surface area (Å²) in [5.41, 5.74) is -0.411. The number of anilines is 1. The fourth-order valence-electron chi connectivity index (χ4n) is 2.88. The number of rotatable bonds is 6. The van der Waals surface area contributed by atoms with Gasteiger partial charge in [0.15, 0.2) is 5.75 Å². The van der Waals surface area contributed by atoms with Crippen LogP contribution in [0.4, 0.5) is 17.1 Å². The molecule has 3 rings (SSSR count). The number of nitrogens with zero attached hydrogens (tertiary/aromatic N) is 2. The van der Waals surface area contributed by atoms with E-state index in [0.717, 1.165) is 24.3 Å². The van der Waals surface area contributed by atoms with Crippen molar-refractivity contribution in [1.82, 2.24) is 0 Å². The summed E-state index contributed by atoms with van der Waals surface area (Å²) in [7, 11) is -9.52.